The van der Waals surface area contributed by atoms with E-state index in [0.29, 0.717) is 31.1 Å². The first kappa shape index (κ1) is 30.4. The number of ether oxygens (including phenoxy) is 4. The average Bonchev–Trinajstić information content (AvgIpc) is 3.59. The Kier molecular flexibility index (Phi) is 8.88. The molecule has 0 N–H and O–H groups in total. The summed E-state index contributed by atoms with van der Waals surface area (Å²) in [5.74, 6) is 1.04. The standard InChI is InChI=1S/C35H30O8S2/c36-44(37,30-20-16-27(17-21-30)41-25-26-9-3-1-4-10-26)31-22-18-28(19-23-31)42-32-13-7-14-33(35(32)43-34-15-8-24-40-34)45(38,39)29-11-5-2-6-12-29/h1-7,9-14,16-23,34H,8,15,24-25H2. The van der Waals surface area contributed by atoms with Crippen LogP contribution in [0, 0.1) is 0 Å². The summed E-state index contributed by atoms with van der Waals surface area (Å²) >= 11 is 0. The number of rotatable bonds is 11. The zero-order chi connectivity index (χ0) is 31.3. The second kappa shape index (κ2) is 13.2. The van der Waals surface area contributed by atoms with Crippen molar-refractivity contribution in [3.8, 4) is 23.0 Å². The van der Waals surface area contributed by atoms with E-state index in [1.54, 1.807) is 42.5 Å². The Hall–Kier alpha value is -4.64. The molecule has 1 heterocycles. The smallest absolute Gasteiger partial charge is 0.210 e. The Morgan fingerprint density at radius 1 is 0.622 bits per heavy atom. The molecule has 1 aliphatic heterocycles. The van der Waals surface area contributed by atoms with Gasteiger partial charge >= 0.3 is 0 Å². The lowest BCUT2D eigenvalue weighted by molar-refractivity contribution is -0.0418. The minimum atomic E-state index is -3.95. The van der Waals surface area contributed by atoms with Gasteiger partial charge < -0.3 is 18.9 Å². The highest BCUT2D eigenvalue weighted by Crippen LogP contribution is 2.41. The van der Waals surface area contributed by atoms with E-state index in [2.05, 4.69) is 0 Å². The second-order valence-electron chi connectivity index (χ2n) is 10.3. The van der Waals surface area contributed by atoms with E-state index in [0.717, 1.165) is 12.0 Å². The van der Waals surface area contributed by atoms with Gasteiger partial charge in [-0.2, -0.15) is 0 Å². The Morgan fingerprint density at radius 2 is 1.22 bits per heavy atom. The van der Waals surface area contributed by atoms with Gasteiger partial charge in [-0.15, -0.1) is 0 Å². The van der Waals surface area contributed by atoms with Crippen LogP contribution in [-0.2, 0) is 31.0 Å². The Balaban J connectivity index is 1.22. The topological polar surface area (TPSA) is 105 Å². The molecule has 5 aromatic rings. The first-order chi connectivity index (χ1) is 21.8. The highest BCUT2D eigenvalue weighted by atomic mass is 32.2. The zero-order valence-corrected chi connectivity index (χ0v) is 25.7. The van der Waals surface area contributed by atoms with Crippen molar-refractivity contribution < 1.29 is 35.8 Å². The third-order valence-corrected chi connectivity index (χ3v) is 10.7. The van der Waals surface area contributed by atoms with Crippen molar-refractivity contribution in [1.82, 2.24) is 0 Å². The largest absolute Gasteiger partial charge is 0.489 e. The Bertz CT molecular complexity index is 1950. The molecule has 1 unspecified atom stereocenters. The van der Waals surface area contributed by atoms with Gasteiger partial charge in [-0.3, -0.25) is 0 Å². The van der Waals surface area contributed by atoms with Gasteiger partial charge in [-0.25, -0.2) is 16.8 Å². The quantitative estimate of drug-likeness (QED) is 0.149. The first-order valence-corrected chi connectivity index (χ1v) is 17.3. The summed E-state index contributed by atoms with van der Waals surface area (Å²) in [4.78, 5) is 0.250. The lowest BCUT2D eigenvalue weighted by Crippen LogP contribution is -2.17. The van der Waals surface area contributed by atoms with Gasteiger partial charge in [0.25, 0.3) is 0 Å². The summed E-state index contributed by atoms with van der Waals surface area (Å²) in [5.41, 5.74) is 1.01. The fourth-order valence-electron chi connectivity index (χ4n) is 4.81. The van der Waals surface area contributed by atoms with Crippen LogP contribution in [0.5, 0.6) is 23.0 Å². The molecule has 0 aliphatic carbocycles. The monoisotopic (exact) mass is 642 g/mol. The number of hydrogen-bond acceptors (Lipinski definition) is 8. The van der Waals surface area contributed by atoms with E-state index in [4.69, 9.17) is 18.9 Å². The predicted octanol–water partition coefficient (Wildman–Crippen LogP) is 7.24. The number of hydrogen-bond donors (Lipinski definition) is 0. The molecule has 0 bridgehead atoms. The van der Waals surface area contributed by atoms with Gasteiger partial charge in [0.05, 0.1) is 21.3 Å². The third kappa shape index (κ3) is 6.88. The summed E-state index contributed by atoms with van der Waals surface area (Å²) in [7, 11) is -7.78. The fourth-order valence-corrected chi connectivity index (χ4v) is 7.49. The van der Waals surface area contributed by atoms with Crippen molar-refractivity contribution in [3.05, 3.63) is 133 Å². The molecule has 8 nitrogen and oxygen atoms in total. The van der Waals surface area contributed by atoms with Crippen molar-refractivity contribution in [3.63, 3.8) is 0 Å². The van der Waals surface area contributed by atoms with E-state index < -0.39 is 26.0 Å². The highest BCUT2D eigenvalue weighted by Gasteiger charge is 2.29. The summed E-state index contributed by atoms with van der Waals surface area (Å²) in [6.07, 6.45) is 0.766. The summed E-state index contributed by atoms with van der Waals surface area (Å²) < 4.78 is 77.4. The Morgan fingerprint density at radius 3 is 1.84 bits per heavy atom. The van der Waals surface area contributed by atoms with Crippen LogP contribution in [0.1, 0.15) is 18.4 Å². The average molecular weight is 643 g/mol. The van der Waals surface area contributed by atoms with Crippen LogP contribution in [-0.4, -0.2) is 29.7 Å². The minimum Gasteiger partial charge on any atom is -0.489 e. The van der Waals surface area contributed by atoms with Crippen LogP contribution in [0.25, 0.3) is 0 Å². The maximum atomic E-state index is 13.6. The van der Waals surface area contributed by atoms with E-state index in [-0.39, 0.29) is 31.1 Å². The maximum absolute atomic E-state index is 13.6. The third-order valence-electron chi connectivity index (χ3n) is 7.17. The first-order valence-electron chi connectivity index (χ1n) is 14.3. The molecular formula is C35H30O8S2. The van der Waals surface area contributed by atoms with E-state index in [1.807, 2.05) is 30.3 Å². The SMILES string of the molecule is O=S(=O)(c1ccc(OCc2ccccc2)cc1)c1ccc(Oc2cccc(S(=O)(=O)c3ccccc3)c2OC2CCCO2)cc1. The van der Waals surface area contributed by atoms with Crippen LogP contribution in [0.15, 0.2) is 147 Å². The molecule has 0 amide bonds. The molecule has 0 spiro atoms. The number of para-hydroxylation sites is 1. The van der Waals surface area contributed by atoms with Crippen LogP contribution in [0.2, 0.25) is 0 Å². The Labute approximate surface area is 262 Å². The second-order valence-corrected chi connectivity index (χ2v) is 14.2. The van der Waals surface area contributed by atoms with Crippen LogP contribution in [0.4, 0.5) is 0 Å². The van der Waals surface area contributed by atoms with Crippen molar-refractivity contribution in [2.24, 2.45) is 0 Å². The van der Waals surface area contributed by atoms with Crippen molar-refractivity contribution in [2.45, 2.75) is 45.3 Å². The van der Waals surface area contributed by atoms with Crippen LogP contribution in [0.3, 0.4) is 0 Å². The molecule has 10 heteroatoms. The van der Waals surface area contributed by atoms with Crippen molar-refractivity contribution >= 4 is 19.7 Å². The molecule has 230 valence electrons. The van der Waals surface area contributed by atoms with Gasteiger partial charge in [0.2, 0.25) is 19.7 Å². The van der Waals surface area contributed by atoms with Crippen LogP contribution >= 0.6 is 0 Å². The van der Waals surface area contributed by atoms with Gasteiger partial charge in [-0.05, 0) is 84.8 Å². The summed E-state index contributed by atoms with van der Waals surface area (Å²) in [6.45, 7) is 0.879. The maximum Gasteiger partial charge on any atom is 0.210 e. The molecule has 45 heavy (non-hydrogen) atoms. The molecule has 1 saturated heterocycles. The lowest BCUT2D eigenvalue weighted by atomic mass is 10.2. The molecule has 0 radical (unpaired) electrons. The van der Waals surface area contributed by atoms with Gasteiger partial charge in [0.15, 0.2) is 17.8 Å². The molecule has 0 aromatic heterocycles. The van der Waals surface area contributed by atoms with Gasteiger partial charge in [0, 0.05) is 6.42 Å². The fraction of sp³-hybridized carbons (Fsp3) is 0.143. The highest BCUT2D eigenvalue weighted by molar-refractivity contribution is 7.91. The summed E-state index contributed by atoms with van der Waals surface area (Å²) in [5, 5.41) is 0. The molecule has 1 atom stereocenters. The molecular weight excluding hydrogens is 613 g/mol. The van der Waals surface area contributed by atoms with E-state index in [1.165, 1.54) is 54.6 Å². The van der Waals surface area contributed by atoms with E-state index in [9.17, 15) is 16.8 Å². The normalized spacial score (nSPS) is 15.0. The van der Waals surface area contributed by atoms with Crippen molar-refractivity contribution in [1.29, 1.82) is 0 Å². The number of benzene rings is 5. The number of sulfone groups is 2. The molecule has 6 rings (SSSR count). The summed E-state index contributed by atoms with van der Waals surface area (Å²) in [6, 6.07) is 34.6. The van der Waals surface area contributed by atoms with E-state index >= 15 is 0 Å². The molecule has 1 aliphatic rings. The van der Waals surface area contributed by atoms with Crippen LogP contribution < -0.4 is 14.2 Å². The predicted molar refractivity (Wildman–Crippen MR) is 167 cm³/mol. The van der Waals surface area contributed by atoms with Gasteiger partial charge in [0.1, 0.15) is 23.0 Å². The molecule has 5 aromatic carbocycles. The zero-order valence-electron chi connectivity index (χ0n) is 24.1. The lowest BCUT2D eigenvalue weighted by Gasteiger charge is -2.19. The molecule has 1 fully saturated rings. The van der Waals surface area contributed by atoms with Gasteiger partial charge in [-0.1, -0.05) is 54.6 Å². The minimum absolute atomic E-state index is 0.0273. The van der Waals surface area contributed by atoms with Crippen molar-refractivity contribution in [2.75, 3.05) is 6.61 Å². The molecule has 0 saturated carbocycles.